The van der Waals surface area contributed by atoms with Crippen molar-refractivity contribution < 1.29 is 42.5 Å². The van der Waals surface area contributed by atoms with E-state index in [4.69, 9.17) is 16.1 Å². The first-order valence-corrected chi connectivity index (χ1v) is 26.5. The van der Waals surface area contributed by atoms with E-state index in [0.29, 0.717) is 72.8 Å². The van der Waals surface area contributed by atoms with E-state index in [1.54, 1.807) is 18.7 Å². The molecule has 2 aliphatic carbocycles. The van der Waals surface area contributed by atoms with Crippen molar-refractivity contribution in [3.05, 3.63) is 76.7 Å². The van der Waals surface area contributed by atoms with Crippen LogP contribution in [0.4, 0.5) is 29.5 Å². The van der Waals surface area contributed by atoms with E-state index in [-0.39, 0.29) is 87.2 Å². The van der Waals surface area contributed by atoms with Gasteiger partial charge in [-0.25, -0.2) is 18.0 Å². The van der Waals surface area contributed by atoms with Gasteiger partial charge in [-0.1, -0.05) is 12.0 Å². The molecule has 75 heavy (non-hydrogen) atoms. The van der Waals surface area contributed by atoms with E-state index in [0.717, 1.165) is 90.6 Å². The normalized spacial score (nSPS) is 22.4. The highest BCUT2D eigenvalue weighted by Crippen LogP contribution is 2.49. The van der Waals surface area contributed by atoms with E-state index in [2.05, 4.69) is 31.0 Å². The van der Waals surface area contributed by atoms with E-state index in [1.165, 1.54) is 47.5 Å². The number of nitrogens with zero attached hydrogens (tertiary/aromatic N) is 8. The summed E-state index contributed by atoms with van der Waals surface area (Å²) in [6.45, 7) is 11.7. The van der Waals surface area contributed by atoms with Crippen LogP contribution in [0.2, 0.25) is 0 Å². The van der Waals surface area contributed by atoms with Crippen LogP contribution in [0.3, 0.4) is 0 Å². The molecule has 18 heteroatoms. The zero-order chi connectivity index (χ0) is 52.4. The van der Waals surface area contributed by atoms with E-state index in [9.17, 15) is 24.6 Å². The number of phenols is 1. The number of carbonyl (C=O) groups is 3. The third kappa shape index (κ3) is 10.2. The van der Waals surface area contributed by atoms with Gasteiger partial charge in [0, 0.05) is 107 Å². The smallest absolute Gasteiger partial charge is 0.328 e. The fourth-order valence-corrected chi connectivity index (χ4v) is 12.6. The number of anilines is 2. The van der Waals surface area contributed by atoms with Crippen LogP contribution in [-0.4, -0.2) is 142 Å². The number of fused-ring (bicyclic) bond motifs is 2. The number of carbonyl (C=O) groups excluding carboxylic acids is 3. The Balaban J connectivity index is 0.698. The van der Waals surface area contributed by atoms with Crippen LogP contribution in [-0.2, 0) is 4.79 Å². The van der Waals surface area contributed by atoms with Crippen LogP contribution < -0.4 is 19.9 Å². The van der Waals surface area contributed by atoms with Crippen molar-refractivity contribution in [1.29, 1.82) is 0 Å². The van der Waals surface area contributed by atoms with Gasteiger partial charge in [-0.2, -0.15) is 9.97 Å². The largest absolute Gasteiger partial charge is 0.508 e. The van der Waals surface area contributed by atoms with Crippen molar-refractivity contribution in [3.8, 4) is 35.4 Å². The lowest BCUT2D eigenvalue weighted by Gasteiger charge is -2.47. The second kappa shape index (κ2) is 19.9. The minimum absolute atomic E-state index is 0.0116. The minimum atomic E-state index is -0.994. The number of rotatable bonds is 11. The Hall–Kier alpha value is -6.55. The number of urea groups is 1. The van der Waals surface area contributed by atoms with Crippen LogP contribution in [0.15, 0.2) is 42.6 Å². The Bertz CT molecular complexity index is 3130. The lowest BCUT2D eigenvalue weighted by Crippen LogP contribution is -2.50. The first kappa shape index (κ1) is 50.6. The Morgan fingerprint density at radius 2 is 1.65 bits per heavy atom. The Morgan fingerprint density at radius 3 is 2.36 bits per heavy atom. The number of likely N-dealkylation sites (tertiary alicyclic amines) is 1. The molecule has 0 unspecified atom stereocenters. The molecule has 6 heterocycles. The van der Waals surface area contributed by atoms with Crippen molar-refractivity contribution >= 4 is 51.0 Å². The number of ether oxygens (including phenoxy) is 1. The van der Waals surface area contributed by atoms with E-state index < -0.39 is 29.1 Å². The quantitative estimate of drug-likeness (QED) is 0.110. The van der Waals surface area contributed by atoms with Gasteiger partial charge in [0.2, 0.25) is 5.91 Å². The van der Waals surface area contributed by atoms with Crippen molar-refractivity contribution in [3.63, 3.8) is 0 Å². The molecule has 0 bridgehead atoms. The molecule has 2 aromatic heterocycles. The predicted octanol–water partition coefficient (Wildman–Crippen LogP) is 7.94. The summed E-state index contributed by atoms with van der Waals surface area (Å²) in [7, 11) is 0. The number of pyridine rings is 1. The number of hydrogen-bond donors (Lipinski definition) is 3. The van der Waals surface area contributed by atoms with Gasteiger partial charge in [-0.15, -0.1) is 6.42 Å². The molecule has 5 aromatic rings. The molecule has 3 aromatic carbocycles. The number of terminal acetylenes is 1. The lowest BCUT2D eigenvalue weighted by atomic mass is 9.65. The molecule has 394 valence electrons. The van der Waals surface area contributed by atoms with Gasteiger partial charge in [0.1, 0.15) is 34.4 Å². The van der Waals surface area contributed by atoms with Gasteiger partial charge in [-0.05, 0) is 131 Å². The van der Waals surface area contributed by atoms with Crippen molar-refractivity contribution in [2.24, 2.45) is 16.7 Å². The molecule has 4 aliphatic heterocycles. The first-order valence-electron chi connectivity index (χ1n) is 26.5. The third-order valence-corrected chi connectivity index (χ3v) is 17.2. The van der Waals surface area contributed by atoms with Crippen LogP contribution in [0.5, 0.6) is 11.8 Å². The summed E-state index contributed by atoms with van der Waals surface area (Å²) in [4.78, 5) is 62.2. The molecule has 3 N–H and O–H groups in total. The summed E-state index contributed by atoms with van der Waals surface area (Å²) in [6.07, 6.45) is 16.9. The molecule has 15 nitrogen and oxygen atoms in total. The van der Waals surface area contributed by atoms with Gasteiger partial charge >= 0.3 is 12.0 Å². The number of aromatic hydroxyl groups is 1. The average molecular weight is 1030 g/mol. The van der Waals surface area contributed by atoms with Crippen LogP contribution in [0.1, 0.15) is 99.0 Å². The van der Waals surface area contributed by atoms with Gasteiger partial charge < -0.3 is 34.5 Å². The number of nitrogens with one attached hydrogen (secondary N) is 1. The maximum Gasteiger partial charge on any atom is 0.328 e. The number of β-amino-alcohol motifs (C(OH)–C–C–N with tert-alkyl or cyclic N) is 1. The number of piperidine rings is 2. The van der Waals surface area contributed by atoms with Crippen molar-refractivity contribution in [1.82, 2.24) is 35.0 Å². The van der Waals surface area contributed by atoms with E-state index >= 15 is 13.2 Å². The molecule has 11 rings (SSSR count). The van der Waals surface area contributed by atoms with Crippen LogP contribution in [0.25, 0.3) is 32.9 Å². The summed E-state index contributed by atoms with van der Waals surface area (Å²) in [5, 5.41) is 25.1. The topological polar surface area (TPSA) is 168 Å². The van der Waals surface area contributed by atoms with Crippen molar-refractivity contribution in [2.45, 2.75) is 90.1 Å². The zero-order valence-corrected chi connectivity index (χ0v) is 42.7. The molecule has 0 radical (unpaired) electrons. The average Bonchev–Trinajstić information content (AvgIpc) is 4.17. The maximum atomic E-state index is 17.1. The number of aryl methyl sites for hydroxylation is 1. The monoisotopic (exact) mass is 1030 g/mol. The second-order valence-electron chi connectivity index (χ2n) is 22.7. The first-order chi connectivity index (χ1) is 36.0. The second-order valence-corrected chi connectivity index (χ2v) is 22.7. The number of hydrogen-bond acceptors (Lipinski definition) is 12. The zero-order valence-electron chi connectivity index (χ0n) is 42.7. The minimum Gasteiger partial charge on any atom is -0.508 e. The number of amides is 4. The van der Waals surface area contributed by atoms with Gasteiger partial charge in [0.15, 0.2) is 5.82 Å². The highest BCUT2D eigenvalue weighted by atomic mass is 19.1. The molecular weight excluding hydrogens is 964 g/mol. The maximum absolute atomic E-state index is 17.1. The molecule has 6 aliphatic rings. The Morgan fingerprint density at radius 1 is 0.907 bits per heavy atom. The van der Waals surface area contributed by atoms with Crippen molar-refractivity contribution in [2.75, 3.05) is 88.4 Å². The summed E-state index contributed by atoms with van der Waals surface area (Å²) in [5.74, 6) is 0.441. The standard InChI is InChI=1S/C57H64F3N9O6/c1-4-39-43(58)7-6-37-27-38(70)28-41(47(37)39)49-48(60)50-42(30-61-49)51(68-18-5-11-55(3,74)32-68)64-53(63-50)75-34-57(14-15-57)33-66-24-22-65(23-25-66)31-36-8-12-56(13-9-36)16-20-67(21-17-56)52(72)40-29-45(35(2)26-44(40)59)69-19-10-46(71)62-54(69)73/h1,6-7,26-30,36,70,74H,5,8-25,31-34H2,2-3H3,(H,62,71,73)/t55-/m1/s1. The van der Waals surface area contributed by atoms with E-state index in [1.807, 2.05) is 4.90 Å². The molecular formula is C57H64F3N9O6. The molecule has 4 amide bonds. The number of benzene rings is 3. The third-order valence-electron chi connectivity index (χ3n) is 17.2. The number of imide groups is 1. The molecule has 6 fully saturated rings. The summed E-state index contributed by atoms with van der Waals surface area (Å²) >= 11 is 0. The Kier molecular flexibility index (Phi) is 13.4. The van der Waals surface area contributed by atoms with Gasteiger partial charge in [0.05, 0.1) is 28.7 Å². The van der Waals surface area contributed by atoms with Gasteiger partial charge in [-0.3, -0.25) is 24.8 Å². The number of piperazine rings is 1. The summed E-state index contributed by atoms with van der Waals surface area (Å²) < 4.78 is 53.9. The number of phenolic OH excluding ortho intramolecular Hbond substituents is 1. The van der Waals surface area contributed by atoms with Crippen LogP contribution >= 0.6 is 0 Å². The fourth-order valence-electron chi connectivity index (χ4n) is 12.6. The highest BCUT2D eigenvalue weighted by Gasteiger charge is 2.46. The van der Waals surface area contributed by atoms with Gasteiger partial charge in [0.25, 0.3) is 5.91 Å². The number of aromatic nitrogens is 3. The Labute approximate surface area is 434 Å². The molecule has 1 atom stereocenters. The summed E-state index contributed by atoms with van der Waals surface area (Å²) in [5.41, 5.74) is -0.168. The lowest BCUT2D eigenvalue weighted by molar-refractivity contribution is -0.120. The number of aliphatic hydroxyl groups is 1. The molecule has 4 saturated heterocycles. The summed E-state index contributed by atoms with van der Waals surface area (Å²) in [6, 6.07) is 7.66. The van der Waals surface area contributed by atoms with Crippen LogP contribution in [0, 0.1) is 53.5 Å². The predicted molar refractivity (Wildman–Crippen MR) is 278 cm³/mol. The molecule has 2 saturated carbocycles. The molecule has 1 spiro atoms. The number of halogens is 3. The highest BCUT2D eigenvalue weighted by molar-refractivity contribution is 6.07. The fraction of sp³-hybridized carbons (Fsp3) is 0.509. The SMILES string of the molecule is C#Cc1c(F)ccc2cc(O)cc(-c3ncc4c(N5CCC[C@@](C)(O)C5)nc(OCC5(CN6CCN(CC7CCC8(CC7)CCN(C(=O)c7cc(N9CCC(=O)NC9=O)c(C)cc7F)CC8)CC6)CC5)nc4c3F)c12.